The third-order valence-electron chi connectivity index (χ3n) is 9.88. The highest BCUT2D eigenvalue weighted by molar-refractivity contribution is 5.90. The van der Waals surface area contributed by atoms with Gasteiger partial charge in [-0.2, -0.15) is 0 Å². The Hall–Kier alpha value is -1.62. The van der Waals surface area contributed by atoms with E-state index in [4.69, 9.17) is 33.5 Å². The Morgan fingerprint density at radius 1 is 0.702 bits per heavy atom. The summed E-state index contributed by atoms with van der Waals surface area (Å²) in [5, 5.41) is 103. The molecule has 0 aromatic carbocycles. The SMILES string of the molecule is O=C(O)CC(=O)OCC1OC(OC2CC3C(O)CC(O)CC3OC2C2CCC(O)C(O)C2)C(OC2OCC(O)C(O)C2O)C(O)C1O. The fourth-order valence-electron chi connectivity index (χ4n) is 7.28. The molecule has 0 amide bonds. The standard InChI is InChI=1S/C29H46O18/c30-11-4-14(32)12-6-18(26(44-17(12)5-11)10-1-2-13(31)15(33)3-10)45-29-27(47-28-25(41)22(38)16(34)8-43-28)24(40)23(39)19(46-29)9-42-21(37)7-20(35)36/h10-19,22-34,38-41H,1-9H2,(H,35,36). The summed E-state index contributed by atoms with van der Waals surface area (Å²) in [5.74, 6) is -3.44. The van der Waals surface area contributed by atoms with Crippen molar-refractivity contribution < 1.29 is 89.1 Å². The van der Waals surface area contributed by atoms with E-state index in [1.54, 1.807) is 0 Å². The Labute approximate surface area is 269 Å². The Balaban J connectivity index is 1.40. The number of hydrogen-bond acceptors (Lipinski definition) is 17. The summed E-state index contributed by atoms with van der Waals surface area (Å²) in [6.07, 6.45) is -20.5. The molecule has 5 aliphatic rings. The lowest BCUT2D eigenvalue weighted by Gasteiger charge is -2.51. The number of aliphatic hydroxyl groups excluding tert-OH is 9. The number of carbonyl (C=O) groups is 2. The molecule has 3 saturated heterocycles. The van der Waals surface area contributed by atoms with Gasteiger partial charge in [0.1, 0.15) is 55.8 Å². The summed E-state index contributed by atoms with van der Waals surface area (Å²) >= 11 is 0. The van der Waals surface area contributed by atoms with E-state index in [-0.39, 0.29) is 38.0 Å². The molecule has 18 unspecified atom stereocenters. The molecule has 18 atom stereocenters. The van der Waals surface area contributed by atoms with Gasteiger partial charge in [0, 0.05) is 5.92 Å². The van der Waals surface area contributed by atoms with Crippen LogP contribution in [0.2, 0.25) is 0 Å². The van der Waals surface area contributed by atoms with Gasteiger partial charge >= 0.3 is 11.9 Å². The normalized spacial score (nSPS) is 49.1. The summed E-state index contributed by atoms with van der Waals surface area (Å²) in [6, 6.07) is 0. The van der Waals surface area contributed by atoms with E-state index in [2.05, 4.69) is 0 Å². The van der Waals surface area contributed by atoms with Gasteiger partial charge in [-0.05, 0) is 44.4 Å². The van der Waals surface area contributed by atoms with Crippen molar-refractivity contribution in [3.8, 4) is 0 Å². The first-order valence-corrected chi connectivity index (χ1v) is 16.0. The van der Waals surface area contributed by atoms with Crippen LogP contribution in [0, 0.1) is 11.8 Å². The topological polar surface area (TPSA) is 292 Å². The van der Waals surface area contributed by atoms with Gasteiger partial charge in [-0.3, -0.25) is 9.59 Å². The molecule has 2 saturated carbocycles. The van der Waals surface area contributed by atoms with Crippen LogP contribution in [0.5, 0.6) is 0 Å². The van der Waals surface area contributed by atoms with E-state index < -0.39 is 136 Å². The van der Waals surface area contributed by atoms with Crippen molar-refractivity contribution in [1.82, 2.24) is 0 Å². The van der Waals surface area contributed by atoms with Crippen molar-refractivity contribution in [1.29, 1.82) is 0 Å². The van der Waals surface area contributed by atoms with E-state index in [1.165, 1.54) is 0 Å². The Morgan fingerprint density at radius 3 is 2.15 bits per heavy atom. The highest BCUT2D eigenvalue weighted by Crippen LogP contribution is 2.43. The number of hydrogen-bond donors (Lipinski definition) is 10. The first-order valence-electron chi connectivity index (χ1n) is 16.0. The number of esters is 1. The number of aliphatic carboxylic acids is 1. The number of carbonyl (C=O) groups excluding carboxylic acids is 1. The number of rotatable bonds is 9. The van der Waals surface area contributed by atoms with Gasteiger partial charge in [0.05, 0.1) is 49.3 Å². The molecular weight excluding hydrogens is 636 g/mol. The average molecular weight is 683 g/mol. The Kier molecular flexibility index (Phi) is 12.1. The number of fused-ring (bicyclic) bond motifs is 1. The van der Waals surface area contributed by atoms with E-state index in [9.17, 15) is 55.5 Å². The van der Waals surface area contributed by atoms with Crippen molar-refractivity contribution in [3.05, 3.63) is 0 Å². The second-order valence-corrected chi connectivity index (χ2v) is 13.2. The lowest BCUT2D eigenvalue weighted by atomic mass is 9.72. The van der Waals surface area contributed by atoms with Crippen molar-refractivity contribution in [3.63, 3.8) is 0 Å². The lowest BCUT2D eigenvalue weighted by Crippen LogP contribution is -2.65. The molecular formula is C29H46O18. The monoisotopic (exact) mass is 682 g/mol. The molecule has 0 aromatic rings. The molecule has 10 N–H and O–H groups in total. The van der Waals surface area contributed by atoms with E-state index >= 15 is 0 Å². The number of aliphatic hydroxyl groups is 9. The molecule has 3 aliphatic heterocycles. The summed E-state index contributed by atoms with van der Waals surface area (Å²) < 4.78 is 34.8. The minimum absolute atomic E-state index is 0.0989. The van der Waals surface area contributed by atoms with E-state index in [0.29, 0.717) is 6.42 Å². The highest BCUT2D eigenvalue weighted by Gasteiger charge is 2.54. The maximum absolute atomic E-state index is 11.9. The average Bonchev–Trinajstić information content (AvgIpc) is 3.01. The lowest BCUT2D eigenvalue weighted by molar-refractivity contribution is -0.371. The van der Waals surface area contributed by atoms with Crippen LogP contribution in [-0.2, 0) is 38.0 Å². The maximum atomic E-state index is 11.9. The molecule has 47 heavy (non-hydrogen) atoms. The van der Waals surface area contributed by atoms with Crippen LogP contribution in [0.1, 0.15) is 44.9 Å². The maximum Gasteiger partial charge on any atom is 0.317 e. The summed E-state index contributed by atoms with van der Waals surface area (Å²) in [4.78, 5) is 22.8. The van der Waals surface area contributed by atoms with Crippen molar-refractivity contribution in [2.75, 3.05) is 13.2 Å². The molecule has 5 fully saturated rings. The molecule has 5 rings (SSSR count). The van der Waals surface area contributed by atoms with Gasteiger partial charge in [0.2, 0.25) is 0 Å². The van der Waals surface area contributed by atoms with Crippen LogP contribution in [0.15, 0.2) is 0 Å². The van der Waals surface area contributed by atoms with Crippen LogP contribution >= 0.6 is 0 Å². The summed E-state index contributed by atoms with van der Waals surface area (Å²) in [6.45, 7) is -1.13. The van der Waals surface area contributed by atoms with Crippen LogP contribution in [-0.4, -0.2) is 174 Å². The van der Waals surface area contributed by atoms with Crippen LogP contribution < -0.4 is 0 Å². The van der Waals surface area contributed by atoms with Crippen molar-refractivity contribution in [2.24, 2.45) is 11.8 Å². The van der Waals surface area contributed by atoms with Crippen molar-refractivity contribution in [2.45, 2.75) is 143 Å². The first-order chi connectivity index (χ1) is 22.2. The number of carboxylic acid groups (broad SMARTS) is 1. The van der Waals surface area contributed by atoms with Crippen molar-refractivity contribution >= 4 is 11.9 Å². The second kappa shape index (κ2) is 15.5. The van der Waals surface area contributed by atoms with Gasteiger partial charge in [-0.15, -0.1) is 0 Å². The Bertz CT molecular complexity index is 1060. The third-order valence-corrected chi connectivity index (χ3v) is 9.88. The minimum Gasteiger partial charge on any atom is -0.481 e. The van der Waals surface area contributed by atoms with Gasteiger partial charge < -0.3 is 79.5 Å². The van der Waals surface area contributed by atoms with Crippen LogP contribution in [0.25, 0.3) is 0 Å². The summed E-state index contributed by atoms with van der Waals surface area (Å²) in [5.41, 5.74) is 0. The minimum atomic E-state index is -1.85. The fourth-order valence-corrected chi connectivity index (χ4v) is 7.28. The highest BCUT2D eigenvalue weighted by atomic mass is 16.8. The molecule has 0 spiro atoms. The zero-order valence-electron chi connectivity index (χ0n) is 25.5. The molecule has 0 aromatic heterocycles. The van der Waals surface area contributed by atoms with Gasteiger partial charge in [-0.25, -0.2) is 0 Å². The fraction of sp³-hybridized carbons (Fsp3) is 0.931. The first kappa shape index (κ1) is 36.7. The van der Waals surface area contributed by atoms with Crippen LogP contribution in [0.3, 0.4) is 0 Å². The zero-order valence-corrected chi connectivity index (χ0v) is 25.5. The molecule has 18 heteroatoms. The van der Waals surface area contributed by atoms with Gasteiger partial charge in [0.25, 0.3) is 0 Å². The van der Waals surface area contributed by atoms with E-state index in [1.807, 2.05) is 0 Å². The number of ether oxygens (including phenoxy) is 6. The predicted octanol–water partition coefficient (Wildman–Crippen LogP) is -4.53. The largest absolute Gasteiger partial charge is 0.481 e. The smallest absolute Gasteiger partial charge is 0.317 e. The quantitative estimate of drug-likeness (QED) is 0.0809. The second-order valence-electron chi connectivity index (χ2n) is 13.2. The predicted molar refractivity (Wildman–Crippen MR) is 149 cm³/mol. The Morgan fingerprint density at radius 2 is 1.45 bits per heavy atom. The van der Waals surface area contributed by atoms with Gasteiger partial charge in [-0.1, -0.05) is 0 Å². The van der Waals surface area contributed by atoms with E-state index in [0.717, 1.165) is 0 Å². The van der Waals surface area contributed by atoms with Crippen LogP contribution in [0.4, 0.5) is 0 Å². The van der Waals surface area contributed by atoms with Gasteiger partial charge in [0.15, 0.2) is 12.6 Å². The molecule has 2 aliphatic carbocycles. The molecule has 0 bridgehead atoms. The molecule has 0 radical (unpaired) electrons. The number of carboxylic acids is 1. The molecule has 18 nitrogen and oxygen atoms in total. The summed E-state index contributed by atoms with van der Waals surface area (Å²) in [7, 11) is 0. The third kappa shape index (κ3) is 8.41. The molecule has 3 heterocycles. The zero-order chi connectivity index (χ0) is 34.2. The molecule has 270 valence electrons.